The Hall–Kier alpha value is -1.07. The summed E-state index contributed by atoms with van der Waals surface area (Å²) in [5.74, 6) is 0.0607. The Morgan fingerprint density at radius 2 is 1.95 bits per heavy atom. The summed E-state index contributed by atoms with van der Waals surface area (Å²) in [5, 5.41) is 9.34. The van der Waals surface area contributed by atoms with Gasteiger partial charge in [-0.2, -0.15) is 13.2 Å². The fourth-order valence-electron chi connectivity index (χ4n) is 2.07. The number of aliphatic hydroxyl groups excluding tert-OH is 1. The van der Waals surface area contributed by atoms with E-state index in [1.807, 2.05) is 31.2 Å². The van der Waals surface area contributed by atoms with Gasteiger partial charge in [0.25, 0.3) is 0 Å². The zero-order valence-corrected chi connectivity index (χ0v) is 11.6. The molecule has 1 unspecified atom stereocenters. The Morgan fingerprint density at radius 3 is 2.55 bits per heavy atom. The van der Waals surface area contributed by atoms with Crippen LogP contribution in [-0.2, 0) is 11.2 Å². The molecule has 20 heavy (non-hydrogen) atoms. The molecule has 1 N–H and O–H groups in total. The van der Waals surface area contributed by atoms with Gasteiger partial charge in [-0.1, -0.05) is 24.3 Å². The van der Waals surface area contributed by atoms with Crippen molar-refractivity contribution in [3.8, 4) is 0 Å². The second-order valence-electron chi connectivity index (χ2n) is 4.99. The van der Waals surface area contributed by atoms with Gasteiger partial charge < -0.3 is 9.84 Å². The molecule has 0 amide bonds. The SMILES string of the molecule is Cc1ccccc1CC(CO)CCCOCC(F)(F)F. The highest BCUT2D eigenvalue weighted by atomic mass is 19.4. The lowest BCUT2D eigenvalue weighted by Gasteiger charge is -2.16. The summed E-state index contributed by atoms with van der Waals surface area (Å²) in [6.07, 6.45) is -2.35. The third-order valence-corrected chi connectivity index (χ3v) is 3.19. The van der Waals surface area contributed by atoms with Crippen LogP contribution in [0.3, 0.4) is 0 Å². The van der Waals surface area contributed by atoms with Crippen LogP contribution in [-0.4, -0.2) is 31.1 Å². The smallest absolute Gasteiger partial charge is 0.396 e. The molecule has 0 bridgehead atoms. The minimum absolute atomic E-state index is 0.0353. The summed E-state index contributed by atoms with van der Waals surface area (Å²) in [5.41, 5.74) is 2.34. The van der Waals surface area contributed by atoms with E-state index in [9.17, 15) is 18.3 Å². The quantitative estimate of drug-likeness (QED) is 0.742. The average Bonchev–Trinajstić information content (AvgIpc) is 2.38. The molecule has 2 nitrogen and oxygen atoms in total. The molecular weight excluding hydrogens is 269 g/mol. The summed E-state index contributed by atoms with van der Waals surface area (Å²) >= 11 is 0. The van der Waals surface area contributed by atoms with Crippen molar-refractivity contribution in [2.75, 3.05) is 19.8 Å². The number of aliphatic hydroxyl groups is 1. The van der Waals surface area contributed by atoms with Crippen LogP contribution in [0, 0.1) is 12.8 Å². The van der Waals surface area contributed by atoms with Crippen molar-refractivity contribution in [3.63, 3.8) is 0 Å². The minimum atomic E-state index is -4.27. The number of benzene rings is 1. The van der Waals surface area contributed by atoms with Gasteiger partial charge >= 0.3 is 6.18 Å². The molecule has 0 spiro atoms. The van der Waals surface area contributed by atoms with Crippen LogP contribution in [0.5, 0.6) is 0 Å². The van der Waals surface area contributed by atoms with E-state index >= 15 is 0 Å². The van der Waals surface area contributed by atoms with Gasteiger partial charge in [0.05, 0.1) is 0 Å². The third kappa shape index (κ3) is 6.91. The van der Waals surface area contributed by atoms with Crippen LogP contribution < -0.4 is 0 Å². The molecule has 1 rings (SSSR count). The lowest BCUT2D eigenvalue weighted by atomic mass is 9.93. The zero-order valence-electron chi connectivity index (χ0n) is 11.6. The monoisotopic (exact) mass is 290 g/mol. The first-order valence-corrected chi connectivity index (χ1v) is 6.72. The topological polar surface area (TPSA) is 29.5 Å². The first-order valence-electron chi connectivity index (χ1n) is 6.72. The Labute approximate surface area is 117 Å². The first kappa shape index (κ1) is 17.0. The van der Waals surface area contributed by atoms with Crippen molar-refractivity contribution in [2.24, 2.45) is 5.92 Å². The van der Waals surface area contributed by atoms with Crippen molar-refractivity contribution in [3.05, 3.63) is 35.4 Å². The van der Waals surface area contributed by atoms with Gasteiger partial charge in [0.15, 0.2) is 0 Å². The van der Waals surface area contributed by atoms with Crippen molar-refractivity contribution in [1.29, 1.82) is 0 Å². The largest absolute Gasteiger partial charge is 0.411 e. The molecule has 0 aliphatic rings. The molecule has 1 aromatic carbocycles. The molecule has 1 aromatic rings. The second kappa shape index (κ2) is 8.27. The predicted molar refractivity (Wildman–Crippen MR) is 71.6 cm³/mol. The van der Waals surface area contributed by atoms with Crippen LogP contribution in [0.25, 0.3) is 0 Å². The molecule has 0 aromatic heterocycles. The molecule has 0 aliphatic heterocycles. The molecule has 5 heteroatoms. The van der Waals surface area contributed by atoms with E-state index in [1.165, 1.54) is 11.1 Å². The van der Waals surface area contributed by atoms with Gasteiger partial charge in [0.1, 0.15) is 6.61 Å². The molecule has 0 radical (unpaired) electrons. The number of halogens is 3. The molecule has 0 saturated carbocycles. The standard InChI is InChI=1S/C15H21F3O2/c1-12-5-2-3-7-14(12)9-13(10-19)6-4-8-20-11-15(16,17)18/h2-3,5,7,13,19H,4,6,8-11H2,1H3. The number of aryl methyl sites for hydroxylation is 1. The lowest BCUT2D eigenvalue weighted by Crippen LogP contribution is -2.18. The van der Waals surface area contributed by atoms with E-state index in [1.54, 1.807) is 0 Å². The molecule has 0 saturated heterocycles. The summed E-state index contributed by atoms with van der Waals surface area (Å²) in [7, 11) is 0. The van der Waals surface area contributed by atoms with E-state index in [2.05, 4.69) is 4.74 Å². The Bertz CT molecular complexity index is 391. The molecular formula is C15H21F3O2. The fourth-order valence-corrected chi connectivity index (χ4v) is 2.07. The number of hydrogen-bond donors (Lipinski definition) is 1. The van der Waals surface area contributed by atoms with Gasteiger partial charge in [0, 0.05) is 13.2 Å². The maximum absolute atomic E-state index is 11.9. The van der Waals surface area contributed by atoms with E-state index in [4.69, 9.17) is 0 Å². The van der Waals surface area contributed by atoms with Crippen LogP contribution in [0.2, 0.25) is 0 Å². The van der Waals surface area contributed by atoms with Gasteiger partial charge in [0.2, 0.25) is 0 Å². The van der Waals surface area contributed by atoms with E-state index in [0.29, 0.717) is 12.8 Å². The van der Waals surface area contributed by atoms with Crippen molar-refractivity contribution in [1.82, 2.24) is 0 Å². The summed E-state index contributed by atoms with van der Waals surface area (Å²) < 4.78 is 40.2. The number of alkyl halides is 3. The predicted octanol–water partition coefficient (Wildman–Crippen LogP) is 3.51. The average molecular weight is 290 g/mol. The molecule has 0 heterocycles. The van der Waals surface area contributed by atoms with Gasteiger partial charge in [-0.25, -0.2) is 0 Å². The van der Waals surface area contributed by atoms with Crippen LogP contribution in [0.4, 0.5) is 13.2 Å². The maximum Gasteiger partial charge on any atom is 0.411 e. The van der Waals surface area contributed by atoms with E-state index in [0.717, 1.165) is 6.42 Å². The van der Waals surface area contributed by atoms with Crippen LogP contribution >= 0.6 is 0 Å². The lowest BCUT2D eigenvalue weighted by molar-refractivity contribution is -0.174. The fraction of sp³-hybridized carbons (Fsp3) is 0.600. The van der Waals surface area contributed by atoms with Crippen molar-refractivity contribution < 1.29 is 23.0 Å². The number of rotatable bonds is 8. The highest BCUT2D eigenvalue weighted by Crippen LogP contribution is 2.18. The van der Waals surface area contributed by atoms with Gasteiger partial charge in [-0.15, -0.1) is 0 Å². The number of ether oxygens (including phenoxy) is 1. The molecule has 1 atom stereocenters. The van der Waals surface area contributed by atoms with Crippen LogP contribution in [0.1, 0.15) is 24.0 Å². The summed E-state index contributed by atoms with van der Waals surface area (Å²) in [6.45, 7) is 0.919. The van der Waals surface area contributed by atoms with Crippen molar-refractivity contribution >= 4 is 0 Å². The Balaban J connectivity index is 2.28. The highest BCUT2D eigenvalue weighted by Gasteiger charge is 2.27. The minimum Gasteiger partial charge on any atom is -0.396 e. The normalized spacial score (nSPS) is 13.4. The Morgan fingerprint density at radius 1 is 1.25 bits per heavy atom. The zero-order chi connectivity index (χ0) is 15.0. The molecule has 0 fully saturated rings. The molecule has 0 aliphatic carbocycles. The van der Waals surface area contributed by atoms with Crippen molar-refractivity contribution in [2.45, 2.75) is 32.4 Å². The Kier molecular flexibility index (Phi) is 7.02. The maximum atomic E-state index is 11.9. The van der Waals surface area contributed by atoms with E-state index in [-0.39, 0.29) is 19.1 Å². The van der Waals surface area contributed by atoms with Gasteiger partial charge in [-0.3, -0.25) is 0 Å². The summed E-state index contributed by atoms with van der Waals surface area (Å²) in [4.78, 5) is 0. The summed E-state index contributed by atoms with van der Waals surface area (Å²) in [6, 6.07) is 7.93. The third-order valence-electron chi connectivity index (χ3n) is 3.19. The van der Waals surface area contributed by atoms with Gasteiger partial charge in [-0.05, 0) is 43.2 Å². The number of hydrogen-bond acceptors (Lipinski definition) is 2. The van der Waals surface area contributed by atoms with Crippen LogP contribution in [0.15, 0.2) is 24.3 Å². The molecule has 114 valence electrons. The van der Waals surface area contributed by atoms with E-state index < -0.39 is 12.8 Å². The highest BCUT2D eigenvalue weighted by molar-refractivity contribution is 5.25. The second-order valence-corrected chi connectivity index (χ2v) is 4.99. The first-order chi connectivity index (χ1) is 9.42.